The number of nitrogens with one attached hydrogen (secondary N) is 1. The Balaban J connectivity index is 1.63. The molecule has 0 saturated carbocycles. The van der Waals surface area contributed by atoms with E-state index >= 15 is 0 Å². The largest absolute Gasteiger partial charge is 0.319 e. The van der Waals surface area contributed by atoms with E-state index in [-0.39, 0.29) is 11.6 Å². The molecule has 7 heteroatoms. The molecule has 2 aromatic carbocycles. The van der Waals surface area contributed by atoms with Gasteiger partial charge in [0.05, 0.1) is 22.8 Å². The van der Waals surface area contributed by atoms with Gasteiger partial charge in [-0.3, -0.25) is 4.79 Å². The molecule has 0 aliphatic heterocycles. The van der Waals surface area contributed by atoms with E-state index in [9.17, 15) is 4.79 Å². The minimum Gasteiger partial charge on any atom is -0.319 e. The first-order valence-corrected chi connectivity index (χ1v) is 8.53. The van der Waals surface area contributed by atoms with Crippen LogP contribution in [0.3, 0.4) is 0 Å². The first-order valence-electron chi connectivity index (χ1n) is 8.53. The Morgan fingerprint density at radius 1 is 1.00 bits per heavy atom. The summed E-state index contributed by atoms with van der Waals surface area (Å²) in [4.78, 5) is 12.8. The van der Waals surface area contributed by atoms with Crippen LogP contribution in [0.4, 0.5) is 5.69 Å². The molecule has 27 heavy (non-hydrogen) atoms. The summed E-state index contributed by atoms with van der Waals surface area (Å²) < 4.78 is 3.36. The SMILES string of the molecule is Cc1ccc(-n2nnc(C(=O)Nc3ccccc3-n3cccn3)c2C)cc1. The van der Waals surface area contributed by atoms with E-state index in [0.717, 1.165) is 16.9 Å². The smallest absolute Gasteiger partial charge is 0.278 e. The second kappa shape index (κ2) is 6.87. The van der Waals surface area contributed by atoms with E-state index in [1.807, 2.05) is 74.6 Å². The highest BCUT2D eigenvalue weighted by atomic mass is 16.2. The molecule has 134 valence electrons. The van der Waals surface area contributed by atoms with Crippen molar-refractivity contribution in [1.82, 2.24) is 24.8 Å². The van der Waals surface area contributed by atoms with Gasteiger partial charge in [0.25, 0.3) is 5.91 Å². The molecule has 0 bridgehead atoms. The van der Waals surface area contributed by atoms with Gasteiger partial charge in [-0.25, -0.2) is 9.36 Å². The molecule has 4 rings (SSSR count). The van der Waals surface area contributed by atoms with Crippen molar-refractivity contribution < 1.29 is 4.79 Å². The van der Waals surface area contributed by atoms with Gasteiger partial charge in [0.2, 0.25) is 0 Å². The third kappa shape index (κ3) is 3.22. The van der Waals surface area contributed by atoms with Crippen LogP contribution in [0.5, 0.6) is 0 Å². The first-order chi connectivity index (χ1) is 13.1. The van der Waals surface area contributed by atoms with Crippen molar-refractivity contribution in [1.29, 1.82) is 0 Å². The normalized spacial score (nSPS) is 10.7. The molecule has 1 N–H and O–H groups in total. The lowest BCUT2D eigenvalue weighted by Crippen LogP contribution is -2.16. The van der Waals surface area contributed by atoms with E-state index in [1.54, 1.807) is 15.6 Å². The number of aromatic nitrogens is 5. The molecule has 0 unspecified atom stereocenters. The lowest BCUT2D eigenvalue weighted by atomic mass is 10.2. The highest BCUT2D eigenvalue weighted by molar-refractivity contribution is 6.04. The van der Waals surface area contributed by atoms with Crippen molar-refractivity contribution in [3.05, 3.63) is 83.9 Å². The van der Waals surface area contributed by atoms with Crippen molar-refractivity contribution in [3.8, 4) is 11.4 Å². The molecular weight excluding hydrogens is 340 g/mol. The predicted molar refractivity (Wildman–Crippen MR) is 102 cm³/mol. The van der Waals surface area contributed by atoms with E-state index in [2.05, 4.69) is 20.7 Å². The molecule has 0 aliphatic carbocycles. The van der Waals surface area contributed by atoms with Crippen LogP contribution in [-0.4, -0.2) is 30.7 Å². The zero-order valence-electron chi connectivity index (χ0n) is 15.0. The van der Waals surface area contributed by atoms with Crippen molar-refractivity contribution >= 4 is 11.6 Å². The fourth-order valence-corrected chi connectivity index (χ4v) is 2.84. The Bertz CT molecular complexity index is 1080. The number of hydrogen-bond acceptors (Lipinski definition) is 4. The first kappa shape index (κ1) is 16.7. The summed E-state index contributed by atoms with van der Waals surface area (Å²) in [5.74, 6) is -0.314. The molecular formula is C20H18N6O. The summed E-state index contributed by atoms with van der Waals surface area (Å²) in [6, 6.07) is 17.2. The molecule has 7 nitrogen and oxygen atoms in total. The molecule has 4 aromatic rings. The van der Waals surface area contributed by atoms with E-state index in [0.29, 0.717) is 11.4 Å². The summed E-state index contributed by atoms with van der Waals surface area (Å²) >= 11 is 0. The Morgan fingerprint density at radius 2 is 1.78 bits per heavy atom. The fourth-order valence-electron chi connectivity index (χ4n) is 2.84. The maximum Gasteiger partial charge on any atom is 0.278 e. The number of aryl methyl sites for hydroxylation is 1. The molecule has 0 atom stereocenters. The monoisotopic (exact) mass is 358 g/mol. The number of carbonyl (C=O) groups excluding carboxylic acids is 1. The Morgan fingerprint density at radius 3 is 2.52 bits per heavy atom. The number of benzene rings is 2. The zero-order valence-corrected chi connectivity index (χ0v) is 15.0. The number of amides is 1. The number of para-hydroxylation sites is 2. The van der Waals surface area contributed by atoms with E-state index in [4.69, 9.17) is 0 Å². The Kier molecular flexibility index (Phi) is 4.25. The Hall–Kier alpha value is -3.74. The molecule has 2 aromatic heterocycles. The van der Waals surface area contributed by atoms with Gasteiger partial charge in [0, 0.05) is 12.4 Å². The summed E-state index contributed by atoms with van der Waals surface area (Å²) in [5.41, 5.74) is 4.40. The van der Waals surface area contributed by atoms with Gasteiger partial charge in [-0.05, 0) is 44.2 Å². The van der Waals surface area contributed by atoms with Crippen LogP contribution in [0, 0.1) is 13.8 Å². The van der Waals surface area contributed by atoms with Crippen molar-refractivity contribution in [2.75, 3.05) is 5.32 Å². The highest BCUT2D eigenvalue weighted by Gasteiger charge is 2.18. The van der Waals surface area contributed by atoms with Gasteiger partial charge in [-0.2, -0.15) is 5.10 Å². The maximum atomic E-state index is 12.8. The molecule has 0 radical (unpaired) electrons. The molecule has 0 spiro atoms. The van der Waals surface area contributed by atoms with Gasteiger partial charge in [-0.15, -0.1) is 5.10 Å². The second-order valence-electron chi connectivity index (χ2n) is 6.19. The highest BCUT2D eigenvalue weighted by Crippen LogP contribution is 2.20. The van der Waals surface area contributed by atoms with Crippen molar-refractivity contribution in [2.24, 2.45) is 0 Å². The quantitative estimate of drug-likeness (QED) is 0.607. The summed E-state index contributed by atoms with van der Waals surface area (Å²) in [7, 11) is 0. The number of hydrogen-bond donors (Lipinski definition) is 1. The fraction of sp³-hybridized carbons (Fsp3) is 0.100. The average Bonchev–Trinajstić information content (AvgIpc) is 3.33. The molecule has 0 fully saturated rings. The number of rotatable bonds is 4. The Labute approximate surface area is 156 Å². The minimum absolute atomic E-state index is 0.283. The van der Waals surface area contributed by atoms with Crippen LogP contribution in [0.25, 0.3) is 11.4 Å². The van der Waals surface area contributed by atoms with Crippen molar-refractivity contribution in [3.63, 3.8) is 0 Å². The number of anilines is 1. The van der Waals surface area contributed by atoms with Crippen LogP contribution in [0.15, 0.2) is 67.0 Å². The third-order valence-electron chi connectivity index (χ3n) is 4.29. The lowest BCUT2D eigenvalue weighted by Gasteiger charge is -2.10. The predicted octanol–water partition coefficient (Wildman–Crippen LogP) is 3.32. The van der Waals surface area contributed by atoms with Gasteiger partial charge < -0.3 is 5.32 Å². The second-order valence-corrected chi connectivity index (χ2v) is 6.19. The average molecular weight is 358 g/mol. The molecule has 0 aliphatic rings. The van der Waals surface area contributed by atoms with Crippen LogP contribution < -0.4 is 5.32 Å². The van der Waals surface area contributed by atoms with Crippen LogP contribution in [-0.2, 0) is 0 Å². The molecule has 2 heterocycles. The third-order valence-corrected chi connectivity index (χ3v) is 4.29. The van der Waals surface area contributed by atoms with Crippen LogP contribution in [0.2, 0.25) is 0 Å². The van der Waals surface area contributed by atoms with Crippen LogP contribution >= 0.6 is 0 Å². The van der Waals surface area contributed by atoms with Gasteiger partial charge in [-0.1, -0.05) is 35.0 Å². The number of nitrogens with zero attached hydrogens (tertiary/aromatic N) is 5. The molecule has 1 amide bonds. The van der Waals surface area contributed by atoms with Crippen molar-refractivity contribution in [2.45, 2.75) is 13.8 Å². The van der Waals surface area contributed by atoms with Crippen LogP contribution in [0.1, 0.15) is 21.7 Å². The molecule has 0 saturated heterocycles. The maximum absolute atomic E-state index is 12.8. The van der Waals surface area contributed by atoms with Gasteiger partial charge in [0.1, 0.15) is 0 Å². The minimum atomic E-state index is -0.314. The zero-order chi connectivity index (χ0) is 18.8. The topological polar surface area (TPSA) is 77.6 Å². The number of carbonyl (C=O) groups is 1. The summed E-state index contributed by atoms with van der Waals surface area (Å²) in [5, 5.41) is 15.4. The summed E-state index contributed by atoms with van der Waals surface area (Å²) in [6.45, 7) is 3.85. The summed E-state index contributed by atoms with van der Waals surface area (Å²) in [6.07, 6.45) is 3.51. The van der Waals surface area contributed by atoms with Gasteiger partial charge in [0.15, 0.2) is 5.69 Å². The van der Waals surface area contributed by atoms with Gasteiger partial charge >= 0.3 is 0 Å². The van der Waals surface area contributed by atoms with E-state index in [1.165, 1.54) is 0 Å². The lowest BCUT2D eigenvalue weighted by molar-refractivity contribution is 0.102. The van der Waals surface area contributed by atoms with E-state index < -0.39 is 0 Å². The standard InChI is InChI=1S/C20H18N6O/c1-14-8-10-16(11-9-14)26-15(2)19(23-24-26)20(27)22-17-6-3-4-7-18(17)25-13-5-12-21-25/h3-13H,1-2H3,(H,22,27).